The van der Waals surface area contributed by atoms with Crippen molar-refractivity contribution in [2.24, 2.45) is 5.92 Å². The lowest BCUT2D eigenvalue weighted by atomic mass is 10.0. The van der Waals surface area contributed by atoms with Gasteiger partial charge in [-0.1, -0.05) is 44.6 Å². The van der Waals surface area contributed by atoms with Crippen LogP contribution in [-0.2, 0) is 9.59 Å². The first-order valence-corrected chi connectivity index (χ1v) is 7.03. The number of Topliss-reactive ketones (excluding diaryl/α,β-unsaturated/α-hetero) is 1. The van der Waals surface area contributed by atoms with E-state index in [4.69, 9.17) is 0 Å². The SMILES string of the molecule is C/C=C(\C=C/CC)CCC(=O)N[C@@H](C(C)=O)C(C)C. The van der Waals surface area contributed by atoms with Crippen molar-refractivity contribution in [2.45, 2.75) is 59.9 Å². The molecule has 1 N–H and O–H groups in total. The Bertz CT molecular complexity index is 354. The summed E-state index contributed by atoms with van der Waals surface area (Å²) in [5.74, 6) is 0.0845. The van der Waals surface area contributed by atoms with Crippen LogP contribution < -0.4 is 5.32 Å². The van der Waals surface area contributed by atoms with Crippen molar-refractivity contribution in [3.63, 3.8) is 0 Å². The molecule has 1 amide bonds. The first kappa shape index (κ1) is 17.6. The van der Waals surface area contributed by atoms with E-state index in [0.717, 1.165) is 12.0 Å². The van der Waals surface area contributed by atoms with Crippen molar-refractivity contribution < 1.29 is 9.59 Å². The number of ketones is 1. The van der Waals surface area contributed by atoms with Crippen molar-refractivity contribution in [3.8, 4) is 0 Å². The minimum atomic E-state index is -0.368. The van der Waals surface area contributed by atoms with Gasteiger partial charge in [-0.25, -0.2) is 0 Å². The molecule has 0 aliphatic heterocycles. The van der Waals surface area contributed by atoms with E-state index in [2.05, 4.69) is 24.4 Å². The number of amides is 1. The van der Waals surface area contributed by atoms with Gasteiger partial charge >= 0.3 is 0 Å². The third-order valence-corrected chi connectivity index (χ3v) is 3.00. The molecule has 108 valence electrons. The Morgan fingerprint density at radius 2 is 1.84 bits per heavy atom. The molecule has 0 aromatic rings. The summed E-state index contributed by atoms with van der Waals surface area (Å²) in [5, 5.41) is 2.81. The second kappa shape index (κ2) is 9.54. The maximum Gasteiger partial charge on any atom is 0.220 e. The molecule has 0 radical (unpaired) electrons. The highest BCUT2D eigenvalue weighted by molar-refractivity contribution is 5.87. The summed E-state index contributed by atoms with van der Waals surface area (Å²) >= 11 is 0. The summed E-state index contributed by atoms with van der Waals surface area (Å²) in [6.45, 7) is 9.45. The smallest absolute Gasteiger partial charge is 0.220 e. The molecule has 19 heavy (non-hydrogen) atoms. The minimum Gasteiger partial charge on any atom is -0.346 e. The van der Waals surface area contributed by atoms with Gasteiger partial charge in [0.05, 0.1) is 6.04 Å². The summed E-state index contributed by atoms with van der Waals surface area (Å²) in [4.78, 5) is 23.3. The molecule has 0 unspecified atom stereocenters. The third kappa shape index (κ3) is 7.60. The molecule has 0 aromatic heterocycles. The van der Waals surface area contributed by atoms with Crippen LogP contribution in [0.2, 0.25) is 0 Å². The number of nitrogens with one attached hydrogen (secondary N) is 1. The quantitative estimate of drug-likeness (QED) is 0.684. The number of hydrogen-bond donors (Lipinski definition) is 1. The predicted molar refractivity (Wildman–Crippen MR) is 79.9 cm³/mol. The molecular formula is C16H27NO2. The summed E-state index contributed by atoms with van der Waals surface area (Å²) in [7, 11) is 0. The molecule has 3 nitrogen and oxygen atoms in total. The van der Waals surface area contributed by atoms with Gasteiger partial charge in [0.2, 0.25) is 5.91 Å². The van der Waals surface area contributed by atoms with E-state index >= 15 is 0 Å². The lowest BCUT2D eigenvalue weighted by Gasteiger charge is -2.19. The largest absolute Gasteiger partial charge is 0.346 e. The van der Waals surface area contributed by atoms with Crippen molar-refractivity contribution in [2.75, 3.05) is 0 Å². The van der Waals surface area contributed by atoms with Crippen molar-refractivity contribution in [1.29, 1.82) is 0 Å². The molecule has 0 aromatic carbocycles. The summed E-state index contributed by atoms with van der Waals surface area (Å²) in [5.41, 5.74) is 1.15. The van der Waals surface area contributed by atoms with E-state index in [1.165, 1.54) is 6.92 Å². The molecule has 0 heterocycles. The highest BCUT2D eigenvalue weighted by Gasteiger charge is 2.20. The highest BCUT2D eigenvalue weighted by atomic mass is 16.2. The van der Waals surface area contributed by atoms with Crippen LogP contribution in [0.25, 0.3) is 0 Å². The number of carbonyl (C=O) groups is 2. The Morgan fingerprint density at radius 1 is 1.21 bits per heavy atom. The lowest BCUT2D eigenvalue weighted by molar-refractivity contribution is -0.127. The molecule has 0 spiro atoms. The monoisotopic (exact) mass is 265 g/mol. The third-order valence-electron chi connectivity index (χ3n) is 3.00. The zero-order valence-electron chi connectivity index (χ0n) is 12.8. The molecule has 3 heteroatoms. The standard InChI is InChI=1S/C16H27NO2/c1-6-8-9-14(7-2)10-11-15(19)17-16(12(3)4)13(5)18/h7-9,12,16H,6,10-11H2,1-5H3,(H,17,19)/b9-8-,14-7+/t16-/m1/s1. The van der Waals surface area contributed by atoms with E-state index in [0.29, 0.717) is 12.8 Å². The highest BCUT2D eigenvalue weighted by Crippen LogP contribution is 2.09. The van der Waals surface area contributed by atoms with Gasteiger partial charge in [-0.15, -0.1) is 0 Å². The Balaban J connectivity index is 4.31. The average molecular weight is 265 g/mol. The molecule has 0 fully saturated rings. The van der Waals surface area contributed by atoms with Gasteiger partial charge in [0.15, 0.2) is 5.78 Å². The fraction of sp³-hybridized carbons (Fsp3) is 0.625. The number of rotatable bonds is 8. The molecule has 1 atom stereocenters. The van der Waals surface area contributed by atoms with Crippen LogP contribution in [0.1, 0.15) is 53.9 Å². The Labute approximate surface area is 117 Å². The van der Waals surface area contributed by atoms with Crippen LogP contribution in [0.3, 0.4) is 0 Å². The normalized spacial score (nSPS) is 13.9. The van der Waals surface area contributed by atoms with Crippen LogP contribution in [-0.4, -0.2) is 17.7 Å². The van der Waals surface area contributed by atoms with Gasteiger partial charge in [-0.3, -0.25) is 9.59 Å². The summed E-state index contributed by atoms with van der Waals surface area (Å²) in [6.07, 6.45) is 8.28. The fourth-order valence-corrected chi connectivity index (χ4v) is 1.83. The molecule has 0 aliphatic rings. The first-order valence-electron chi connectivity index (χ1n) is 7.03. The van der Waals surface area contributed by atoms with Crippen molar-refractivity contribution >= 4 is 11.7 Å². The van der Waals surface area contributed by atoms with Crippen LogP contribution in [0.5, 0.6) is 0 Å². The van der Waals surface area contributed by atoms with Gasteiger partial charge < -0.3 is 5.32 Å². The molecular weight excluding hydrogens is 238 g/mol. The van der Waals surface area contributed by atoms with Crippen LogP contribution in [0.15, 0.2) is 23.8 Å². The van der Waals surface area contributed by atoms with E-state index in [1.54, 1.807) is 0 Å². The zero-order chi connectivity index (χ0) is 14.8. The maximum absolute atomic E-state index is 11.8. The van der Waals surface area contributed by atoms with Crippen LogP contribution in [0, 0.1) is 5.92 Å². The zero-order valence-corrected chi connectivity index (χ0v) is 12.8. The van der Waals surface area contributed by atoms with Crippen LogP contribution >= 0.6 is 0 Å². The Kier molecular flexibility index (Phi) is 8.84. The topological polar surface area (TPSA) is 46.2 Å². The van der Waals surface area contributed by atoms with Crippen LogP contribution in [0.4, 0.5) is 0 Å². The summed E-state index contributed by atoms with van der Waals surface area (Å²) in [6, 6.07) is -0.368. The molecule has 0 aliphatic carbocycles. The molecule has 0 rings (SSSR count). The molecule has 0 saturated heterocycles. The minimum absolute atomic E-state index is 0.0143. The lowest BCUT2D eigenvalue weighted by Crippen LogP contribution is -2.43. The Hall–Kier alpha value is -1.38. The van der Waals surface area contributed by atoms with Gasteiger partial charge in [0.25, 0.3) is 0 Å². The average Bonchev–Trinajstić information content (AvgIpc) is 2.35. The molecule has 0 saturated carbocycles. The van der Waals surface area contributed by atoms with Crippen molar-refractivity contribution in [3.05, 3.63) is 23.8 Å². The predicted octanol–water partition coefficient (Wildman–Crippen LogP) is 3.41. The first-order chi connectivity index (χ1) is 8.92. The maximum atomic E-state index is 11.8. The summed E-state index contributed by atoms with van der Waals surface area (Å²) < 4.78 is 0. The fourth-order valence-electron chi connectivity index (χ4n) is 1.83. The van der Waals surface area contributed by atoms with Gasteiger partial charge in [-0.2, -0.15) is 0 Å². The second-order valence-electron chi connectivity index (χ2n) is 5.07. The number of carbonyl (C=O) groups excluding carboxylic acids is 2. The van der Waals surface area contributed by atoms with E-state index in [-0.39, 0.29) is 23.7 Å². The number of hydrogen-bond acceptors (Lipinski definition) is 2. The number of allylic oxidation sites excluding steroid dienone is 4. The van der Waals surface area contributed by atoms with E-state index in [1.807, 2.05) is 26.8 Å². The van der Waals surface area contributed by atoms with E-state index < -0.39 is 0 Å². The van der Waals surface area contributed by atoms with Gasteiger partial charge in [0.1, 0.15) is 0 Å². The van der Waals surface area contributed by atoms with Gasteiger partial charge in [-0.05, 0) is 32.6 Å². The van der Waals surface area contributed by atoms with Gasteiger partial charge in [0, 0.05) is 6.42 Å². The van der Waals surface area contributed by atoms with E-state index in [9.17, 15) is 9.59 Å². The van der Waals surface area contributed by atoms with Crippen molar-refractivity contribution in [1.82, 2.24) is 5.32 Å². The Morgan fingerprint density at radius 3 is 2.26 bits per heavy atom. The second-order valence-corrected chi connectivity index (χ2v) is 5.07. The molecule has 0 bridgehead atoms.